The number of carbonyl (C=O) groups excluding carboxylic acids is 1. The molecule has 0 saturated heterocycles. The summed E-state index contributed by atoms with van der Waals surface area (Å²) in [4.78, 5) is 13.6. The van der Waals surface area contributed by atoms with E-state index in [0.29, 0.717) is 17.8 Å². The molecule has 2 N–H and O–H groups in total. The molecule has 1 amide bonds. The van der Waals surface area contributed by atoms with E-state index in [9.17, 15) is 4.79 Å². The first-order valence-corrected chi connectivity index (χ1v) is 5.09. The van der Waals surface area contributed by atoms with Crippen LogP contribution in [0.4, 0.5) is 5.69 Å². The first-order valence-electron chi connectivity index (χ1n) is 5.09. The van der Waals surface area contributed by atoms with Gasteiger partial charge in [-0.15, -0.1) is 0 Å². The number of carbonyl (C=O) groups is 1. The molecule has 0 bridgehead atoms. The third-order valence-electron chi connectivity index (χ3n) is 2.66. The number of anilines is 1. The van der Waals surface area contributed by atoms with E-state index in [1.54, 1.807) is 18.0 Å². The molecule has 15 heavy (non-hydrogen) atoms. The van der Waals surface area contributed by atoms with E-state index in [0.717, 1.165) is 11.1 Å². The molecule has 0 saturated carbocycles. The molecular formula is C12H18N2O. The van der Waals surface area contributed by atoms with Crippen molar-refractivity contribution in [1.82, 2.24) is 4.90 Å². The van der Waals surface area contributed by atoms with Gasteiger partial charge in [0.25, 0.3) is 5.91 Å². The Morgan fingerprint density at radius 3 is 2.47 bits per heavy atom. The molecule has 1 rings (SSSR count). The molecule has 1 aromatic rings. The Morgan fingerprint density at radius 2 is 1.93 bits per heavy atom. The molecule has 0 heterocycles. The highest BCUT2D eigenvalue weighted by molar-refractivity contribution is 5.96. The summed E-state index contributed by atoms with van der Waals surface area (Å²) in [6, 6.07) is 3.71. The van der Waals surface area contributed by atoms with E-state index in [2.05, 4.69) is 0 Å². The van der Waals surface area contributed by atoms with Gasteiger partial charge in [0.2, 0.25) is 0 Å². The van der Waals surface area contributed by atoms with Crippen molar-refractivity contribution in [2.45, 2.75) is 20.8 Å². The minimum Gasteiger partial charge on any atom is -0.398 e. The highest BCUT2D eigenvalue weighted by Gasteiger charge is 2.13. The van der Waals surface area contributed by atoms with Crippen LogP contribution in [0, 0.1) is 13.8 Å². The molecule has 0 aliphatic heterocycles. The Labute approximate surface area is 90.9 Å². The molecule has 0 aliphatic carbocycles. The van der Waals surface area contributed by atoms with E-state index in [1.165, 1.54) is 0 Å². The van der Waals surface area contributed by atoms with Gasteiger partial charge in [-0.2, -0.15) is 0 Å². The summed E-state index contributed by atoms with van der Waals surface area (Å²) in [5.74, 6) is 0.0294. The van der Waals surface area contributed by atoms with Gasteiger partial charge < -0.3 is 10.6 Å². The summed E-state index contributed by atoms with van der Waals surface area (Å²) >= 11 is 0. The fraction of sp³-hybridized carbons (Fsp3) is 0.417. The standard InChI is InChI=1S/C12H18N2O/c1-5-14(4)12(15)10-7-11(13)9(3)6-8(10)2/h6-7H,5,13H2,1-4H3. The van der Waals surface area contributed by atoms with Gasteiger partial charge in [0, 0.05) is 24.8 Å². The molecule has 0 fully saturated rings. The van der Waals surface area contributed by atoms with Gasteiger partial charge in [0.15, 0.2) is 0 Å². The summed E-state index contributed by atoms with van der Waals surface area (Å²) < 4.78 is 0. The van der Waals surface area contributed by atoms with Gasteiger partial charge in [-0.05, 0) is 38.0 Å². The molecule has 0 aliphatic rings. The molecule has 82 valence electrons. The van der Waals surface area contributed by atoms with Gasteiger partial charge in [-0.1, -0.05) is 6.07 Å². The van der Waals surface area contributed by atoms with Crippen molar-refractivity contribution >= 4 is 11.6 Å². The Morgan fingerprint density at radius 1 is 1.33 bits per heavy atom. The molecular weight excluding hydrogens is 188 g/mol. The normalized spacial score (nSPS) is 10.1. The van der Waals surface area contributed by atoms with Crippen molar-refractivity contribution in [3.63, 3.8) is 0 Å². The van der Waals surface area contributed by atoms with Crippen LogP contribution in [-0.4, -0.2) is 24.4 Å². The van der Waals surface area contributed by atoms with Crippen LogP contribution in [0.5, 0.6) is 0 Å². The monoisotopic (exact) mass is 206 g/mol. The van der Waals surface area contributed by atoms with Gasteiger partial charge in [0.1, 0.15) is 0 Å². The van der Waals surface area contributed by atoms with Crippen LogP contribution < -0.4 is 5.73 Å². The number of amides is 1. The van der Waals surface area contributed by atoms with Gasteiger partial charge in [-0.3, -0.25) is 4.79 Å². The zero-order valence-electron chi connectivity index (χ0n) is 9.79. The smallest absolute Gasteiger partial charge is 0.253 e. The van der Waals surface area contributed by atoms with Crippen LogP contribution in [0.2, 0.25) is 0 Å². The van der Waals surface area contributed by atoms with E-state index < -0.39 is 0 Å². The van der Waals surface area contributed by atoms with Gasteiger partial charge in [0.05, 0.1) is 0 Å². The van der Waals surface area contributed by atoms with Gasteiger partial charge in [-0.25, -0.2) is 0 Å². The lowest BCUT2D eigenvalue weighted by Gasteiger charge is -2.17. The molecule has 3 heteroatoms. The highest BCUT2D eigenvalue weighted by Crippen LogP contribution is 2.18. The molecule has 0 spiro atoms. The minimum absolute atomic E-state index is 0.0294. The van der Waals surface area contributed by atoms with Crippen molar-refractivity contribution in [2.24, 2.45) is 0 Å². The summed E-state index contributed by atoms with van der Waals surface area (Å²) in [5.41, 5.74) is 9.16. The fourth-order valence-electron chi connectivity index (χ4n) is 1.45. The van der Waals surface area contributed by atoms with E-state index in [1.807, 2.05) is 26.8 Å². The maximum Gasteiger partial charge on any atom is 0.253 e. The van der Waals surface area contributed by atoms with Crippen molar-refractivity contribution in [3.8, 4) is 0 Å². The lowest BCUT2D eigenvalue weighted by Crippen LogP contribution is -2.27. The number of rotatable bonds is 2. The second kappa shape index (κ2) is 4.34. The first-order chi connectivity index (χ1) is 6.97. The van der Waals surface area contributed by atoms with Crippen LogP contribution >= 0.6 is 0 Å². The number of nitrogen functional groups attached to an aromatic ring is 1. The predicted octanol–water partition coefficient (Wildman–Crippen LogP) is 1.98. The minimum atomic E-state index is 0.0294. The molecule has 1 aromatic carbocycles. The van der Waals surface area contributed by atoms with Crippen LogP contribution in [0.15, 0.2) is 12.1 Å². The number of aryl methyl sites for hydroxylation is 2. The third kappa shape index (κ3) is 2.29. The maximum absolute atomic E-state index is 11.9. The maximum atomic E-state index is 11.9. The first kappa shape index (κ1) is 11.6. The number of nitrogens with zero attached hydrogens (tertiary/aromatic N) is 1. The molecule has 0 aromatic heterocycles. The number of hydrogen-bond donors (Lipinski definition) is 1. The zero-order valence-corrected chi connectivity index (χ0v) is 9.79. The average molecular weight is 206 g/mol. The zero-order chi connectivity index (χ0) is 11.6. The molecule has 0 atom stereocenters. The average Bonchev–Trinajstić information content (AvgIpc) is 2.21. The number of benzene rings is 1. The van der Waals surface area contributed by atoms with Crippen molar-refractivity contribution in [2.75, 3.05) is 19.3 Å². The topological polar surface area (TPSA) is 46.3 Å². The fourth-order valence-corrected chi connectivity index (χ4v) is 1.45. The molecule has 0 radical (unpaired) electrons. The molecule has 3 nitrogen and oxygen atoms in total. The summed E-state index contributed by atoms with van der Waals surface area (Å²) in [7, 11) is 1.79. The van der Waals surface area contributed by atoms with E-state index in [4.69, 9.17) is 5.73 Å². The molecule has 0 unspecified atom stereocenters. The Kier molecular flexibility index (Phi) is 3.35. The lowest BCUT2D eigenvalue weighted by molar-refractivity contribution is 0.0802. The third-order valence-corrected chi connectivity index (χ3v) is 2.66. The predicted molar refractivity (Wildman–Crippen MR) is 63.0 cm³/mol. The quantitative estimate of drug-likeness (QED) is 0.752. The SMILES string of the molecule is CCN(C)C(=O)c1cc(N)c(C)cc1C. The largest absolute Gasteiger partial charge is 0.398 e. The van der Waals surface area contributed by atoms with Crippen LogP contribution in [0.25, 0.3) is 0 Å². The highest BCUT2D eigenvalue weighted by atomic mass is 16.2. The van der Waals surface area contributed by atoms with Crippen LogP contribution in [-0.2, 0) is 0 Å². The second-order valence-electron chi connectivity index (χ2n) is 3.84. The van der Waals surface area contributed by atoms with Crippen molar-refractivity contribution in [1.29, 1.82) is 0 Å². The lowest BCUT2D eigenvalue weighted by atomic mass is 10.0. The Bertz CT molecular complexity index is 385. The Hall–Kier alpha value is -1.51. The van der Waals surface area contributed by atoms with E-state index >= 15 is 0 Å². The van der Waals surface area contributed by atoms with Crippen molar-refractivity contribution < 1.29 is 4.79 Å². The summed E-state index contributed by atoms with van der Waals surface area (Å²) in [5, 5.41) is 0. The van der Waals surface area contributed by atoms with Gasteiger partial charge >= 0.3 is 0 Å². The second-order valence-corrected chi connectivity index (χ2v) is 3.84. The summed E-state index contributed by atoms with van der Waals surface area (Å²) in [6.45, 7) is 6.53. The number of hydrogen-bond acceptors (Lipinski definition) is 2. The summed E-state index contributed by atoms with van der Waals surface area (Å²) in [6.07, 6.45) is 0. The Balaban J connectivity index is 3.15. The van der Waals surface area contributed by atoms with E-state index in [-0.39, 0.29) is 5.91 Å². The van der Waals surface area contributed by atoms with Crippen LogP contribution in [0.1, 0.15) is 28.4 Å². The number of nitrogens with two attached hydrogens (primary N) is 1. The van der Waals surface area contributed by atoms with Crippen LogP contribution in [0.3, 0.4) is 0 Å². The van der Waals surface area contributed by atoms with Crippen molar-refractivity contribution in [3.05, 3.63) is 28.8 Å².